The lowest BCUT2D eigenvalue weighted by molar-refractivity contribution is -0.145. The zero-order chi connectivity index (χ0) is 90.6. The van der Waals surface area contributed by atoms with Crippen LogP contribution in [0.4, 0.5) is 0 Å². The van der Waals surface area contributed by atoms with Crippen LogP contribution < -0.4 is 92.1 Å². The summed E-state index contributed by atoms with van der Waals surface area (Å²) in [6.45, 7) is 1.81. The number of nitrogens with zero attached hydrogens (tertiary/aromatic N) is 2. The largest absolute Gasteiger partial charge is 0.508 e. The van der Waals surface area contributed by atoms with Gasteiger partial charge in [0.2, 0.25) is 88.6 Å². The molecule has 2 fully saturated rings. The molecule has 46 nitrogen and oxygen atoms in total. The highest BCUT2D eigenvalue weighted by Gasteiger charge is 2.44. The van der Waals surface area contributed by atoms with Gasteiger partial charge in [0.1, 0.15) is 84.3 Å². The number of hydrogen-bond donors (Lipinski definition) is 25. The number of aromatic nitrogens is 1. The number of amides is 15. The van der Waals surface area contributed by atoms with Crippen LogP contribution in [0.5, 0.6) is 5.75 Å². The summed E-state index contributed by atoms with van der Waals surface area (Å²) in [6, 6.07) is -7.57. The second-order valence-electron chi connectivity index (χ2n) is 29.4. The Balaban J connectivity index is 1.23. The van der Waals surface area contributed by atoms with Crippen LogP contribution in [0.3, 0.4) is 0 Å². The molecule has 0 bridgehead atoms. The number of phenolic OH excluding ortho intramolecular Hbond substituents is 1. The lowest BCUT2D eigenvalue weighted by atomic mass is 10.0. The number of nitrogens with two attached hydrogens (primary N) is 4. The van der Waals surface area contributed by atoms with Gasteiger partial charge in [-0.3, -0.25) is 91.7 Å². The number of carboxylic acids is 4. The number of benzene rings is 2. The first-order valence-electron chi connectivity index (χ1n) is 39.6. The fourth-order valence-electron chi connectivity index (χ4n) is 13.4. The number of fused-ring (bicyclic) bond motifs is 1. The third-order valence-corrected chi connectivity index (χ3v) is 19.9. The van der Waals surface area contributed by atoms with Gasteiger partial charge in [0.05, 0.1) is 19.2 Å². The van der Waals surface area contributed by atoms with Gasteiger partial charge in [-0.2, -0.15) is 0 Å². The van der Waals surface area contributed by atoms with Crippen molar-refractivity contribution in [3.05, 3.63) is 65.9 Å². The fourth-order valence-corrected chi connectivity index (χ4v) is 13.4. The maximum atomic E-state index is 14.7. The van der Waals surface area contributed by atoms with Crippen LogP contribution in [-0.2, 0) is 104 Å². The van der Waals surface area contributed by atoms with Crippen molar-refractivity contribution in [1.82, 2.24) is 83.9 Å². The minimum Gasteiger partial charge on any atom is -0.508 e. The predicted molar refractivity (Wildman–Crippen MR) is 428 cm³/mol. The topological polar surface area (TPSA) is 752 Å². The van der Waals surface area contributed by atoms with E-state index in [1.165, 1.54) is 36.1 Å². The number of aliphatic hydroxyl groups excluding tert-OH is 1. The third kappa shape index (κ3) is 32.5. The van der Waals surface area contributed by atoms with Crippen molar-refractivity contribution in [2.75, 3.05) is 39.3 Å². The number of para-hydroxylation sites is 1. The minimum atomic E-state index is -1.94. The second kappa shape index (κ2) is 49.4. The number of phenols is 1. The van der Waals surface area contributed by atoms with Gasteiger partial charge in [-0.1, -0.05) is 30.3 Å². The summed E-state index contributed by atoms with van der Waals surface area (Å²) in [5.74, 6) is -21.3. The highest BCUT2D eigenvalue weighted by Crippen LogP contribution is 2.25. The lowest BCUT2D eigenvalue weighted by Crippen LogP contribution is -2.61. The number of primary amides is 1. The Morgan fingerprint density at radius 2 is 0.951 bits per heavy atom. The quantitative estimate of drug-likeness (QED) is 0.0142. The van der Waals surface area contributed by atoms with Gasteiger partial charge >= 0.3 is 23.9 Å². The number of guanidine groups is 1. The molecule has 2 saturated heterocycles. The number of likely N-dealkylation sites (tertiary alicyclic amines) is 2. The van der Waals surface area contributed by atoms with Crippen molar-refractivity contribution in [3.8, 4) is 5.75 Å². The van der Waals surface area contributed by atoms with E-state index in [1.807, 2.05) is 0 Å². The second-order valence-corrected chi connectivity index (χ2v) is 29.4. The SMILES string of the molecule is C[C@H](NC(=O)CNC(=O)[C@H](CCC(=O)O)NC(=O)[C@@H]1CCCN1C(=O)[C@@H](NC(=O)[C@H](CCC(=O)O)NC(=O)[C@H](CCCNC(=N)N)NC(=O)[C@H](CCC(N)=O)NC(=O)CN)[C@@H](C)O)C(=O)N[C@@H](CCC(=O)O)C(=O)N[C@@H](C)C(=O)N[C@@H](CCCCN)C(=O)N1CCC[C@H]1C(=O)N[C@@H](Cc1c[nH]c2ccccc12)C(=O)N[C@@H](Cc1ccc(O)cc1)C(=O)O. The number of aliphatic carboxylic acids is 4. The van der Waals surface area contributed by atoms with Crippen LogP contribution in [-0.4, -0.2) is 288 Å². The van der Waals surface area contributed by atoms with Crippen LogP contribution >= 0.6 is 0 Å². The van der Waals surface area contributed by atoms with E-state index in [4.69, 9.17) is 28.3 Å². The number of rotatable bonds is 52. The number of aromatic hydroxyl groups is 1. The van der Waals surface area contributed by atoms with Gasteiger partial charge in [-0.05, 0) is 140 Å². The molecule has 46 heteroatoms. The van der Waals surface area contributed by atoms with Crippen molar-refractivity contribution in [3.63, 3.8) is 0 Å². The molecule has 14 atom stereocenters. The predicted octanol–water partition coefficient (Wildman–Crippen LogP) is -7.19. The number of unbranched alkanes of at least 4 members (excludes halogenated alkanes) is 1. The number of carbonyl (C=O) groups excluding carboxylic acids is 15. The number of carbonyl (C=O) groups is 19. The molecule has 122 heavy (non-hydrogen) atoms. The Labute approximate surface area is 699 Å². The summed E-state index contributed by atoms with van der Waals surface area (Å²) >= 11 is 0. The molecule has 670 valence electrons. The molecule has 0 spiro atoms. The first-order valence-corrected chi connectivity index (χ1v) is 39.6. The average molecular weight is 1720 g/mol. The molecule has 15 amide bonds. The molecular formula is C76H111N21O25. The molecule has 0 unspecified atom stereocenters. The van der Waals surface area contributed by atoms with Crippen LogP contribution in [0.25, 0.3) is 10.9 Å². The van der Waals surface area contributed by atoms with Crippen molar-refractivity contribution >= 4 is 129 Å². The Hall–Kier alpha value is -13.1. The normalized spacial score (nSPS) is 16.5. The van der Waals surface area contributed by atoms with E-state index in [1.54, 1.807) is 30.5 Å². The molecule has 1 aromatic heterocycles. The van der Waals surface area contributed by atoms with Crippen LogP contribution in [0.1, 0.15) is 141 Å². The number of hydrogen-bond acceptors (Lipinski definition) is 24. The van der Waals surface area contributed by atoms with Crippen LogP contribution in [0, 0.1) is 5.41 Å². The van der Waals surface area contributed by atoms with Crippen LogP contribution in [0.15, 0.2) is 54.7 Å². The van der Waals surface area contributed by atoms with Crippen LogP contribution in [0.2, 0.25) is 0 Å². The minimum absolute atomic E-state index is 0.00590. The van der Waals surface area contributed by atoms with E-state index >= 15 is 0 Å². The number of aliphatic hydroxyl groups is 1. The summed E-state index contributed by atoms with van der Waals surface area (Å²) in [7, 11) is 0. The maximum absolute atomic E-state index is 14.7. The standard InChI is InChI=1S/C76H111N21O25/c1-38(85-58(102)37-84-65(111)47(22-26-59(103)104)91-71(117)55-16-10-32-97(55)74(120)62(40(3)98)95-69(115)50(24-28-61(107)108)90-67(113)46(14-8-30-82-76(80)81)89-68(114)48(21-25-56(79)100)87-57(101)35-78)63(109)88-49(23-27-60(105)106)66(112)86-39(2)64(110)92-51(13-6-7-29-77)73(119)96-31-9-15-54(96)72(118)93-52(34-42-36-83-45-12-5-4-11-44(42)45)70(116)94-53(75(121)122)33-41-17-19-43(99)20-18-41/h4-5,11-12,17-20,36,38-40,46-55,62,83,98-99H,6-10,13-16,21-35,37,77-78H2,1-3H3,(H2,79,100)(H,84,111)(H,85,102)(H,86,112)(H,87,101)(H,88,109)(H,89,114)(H,90,113)(H,91,117)(H,92,110)(H,93,118)(H,94,116)(H,95,115)(H,103,104)(H,105,106)(H,107,108)(H,121,122)(H4,80,81,82)/t38-,39-,40+,46-,47-,48-,49-,50-,51-,52-,53-,54-,55-,62-/m0/s1. The van der Waals surface area contributed by atoms with Gasteiger partial charge in [0.25, 0.3) is 0 Å². The summed E-state index contributed by atoms with van der Waals surface area (Å²) in [5, 5.41) is 99.2. The van der Waals surface area contributed by atoms with E-state index < -0.39 is 261 Å². The van der Waals surface area contributed by atoms with Crippen molar-refractivity contribution < 1.29 is 122 Å². The number of aromatic amines is 1. The van der Waals surface area contributed by atoms with E-state index in [9.17, 15) is 122 Å². The summed E-state index contributed by atoms with van der Waals surface area (Å²) in [4.78, 5) is 260. The Bertz CT molecular complexity index is 4260. The Morgan fingerprint density at radius 3 is 1.48 bits per heavy atom. The molecule has 5 rings (SSSR count). The first kappa shape index (κ1) is 99.4. The fraction of sp³-hybridized carbons (Fsp3) is 0.553. The van der Waals surface area contributed by atoms with E-state index in [2.05, 4.69) is 74.1 Å². The number of carboxylic acid groups (broad SMARTS) is 4. The van der Waals surface area contributed by atoms with E-state index in [-0.39, 0.29) is 96.1 Å². The highest BCUT2D eigenvalue weighted by atomic mass is 16.4. The number of H-pyrrole nitrogens is 1. The molecular weight excluding hydrogens is 1610 g/mol. The molecule has 2 aliphatic heterocycles. The zero-order valence-corrected chi connectivity index (χ0v) is 67.6. The smallest absolute Gasteiger partial charge is 0.326 e. The van der Waals surface area contributed by atoms with Gasteiger partial charge in [-0.25, -0.2) is 4.79 Å². The highest BCUT2D eigenvalue weighted by molar-refractivity contribution is 6.01. The molecule has 2 aliphatic rings. The Kier molecular flexibility index (Phi) is 40.3. The Morgan fingerprint density at radius 1 is 0.484 bits per heavy atom. The first-order chi connectivity index (χ1) is 57.7. The van der Waals surface area contributed by atoms with E-state index in [0.717, 1.165) is 18.7 Å². The van der Waals surface area contributed by atoms with Crippen molar-refractivity contribution in [2.45, 2.75) is 227 Å². The van der Waals surface area contributed by atoms with Gasteiger partial charge in [-0.15, -0.1) is 0 Å². The molecule has 3 heterocycles. The summed E-state index contributed by atoms with van der Waals surface area (Å²) < 4.78 is 0. The van der Waals surface area contributed by atoms with Gasteiger partial charge in [0, 0.05) is 75.3 Å². The molecule has 0 radical (unpaired) electrons. The maximum Gasteiger partial charge on any atom is 0.326 e. The van der Waals surface area contributed by atoms with Crippen molar-refractivity contribution in [1.29, 1.82) is 5.41 Å². The monoisotopic (exact) mass is 1720 g/mol. The molecule has 29 N–H and O–H groups in total. The molecule has 0 aliphatic carbocycles. The van der Waals surface area contributed by atoms with Gasteiger partial charge in [0.15, 0.2) is 5.96 Å². The average Bonchev–Trinajstić information content (AvgIpc) is 1.66. The zero-order valence-electron chi connectivity index (χ0n) is 67.6. The molecule has 2 aromatic carbocycles. The van der Waals surface area contributed by atoms with Crippen molar-refractivity contribution in [2.24, 2.45) is 22.9 Å². The lowest BCUT2D eigenvalue weighted by Gasteiger charge is -2.32. The molecule has 0 saturated carbocycles. The third-order valence-electron chi connectivity index (χ3n) is 19.9. The summed E-state index contributed by atoms with van der Waals surface area (Å²) in [6.07, 6.45) is -4.66. The summed E-state index contributed by atoms with van der Waals surface area (Å²) in [5.41, 5.74) is 23.6. The van der Waals surface area contributed by atoms with Gasteiger partial charge < -0.3 is 137 Å². The molecule has 3 aromatic rings. The number of nitrogens with one attached hydrogen (secondary N) is 15. The van der Waals surface area contributed by atoms with E-state index in [0.29, 0.717) is 34.9 Å².